The van der Waals surface area contributed by atoms with Gasteiger partial charge >= 0.3 is 6.61 Å². The van der Waals surface area contributed by atoms with Crippen molar-refractivity contribution >= 4 is 21.6 Å². The second kappa shape index (κ2) is 4.24. The van der Waals surface area contributed by atoms with Gasteiger partial charge in [-0.1, -0.05) is 0 Å². The molecule has 1 aromatic carbocycles. The van der Waals surface area contributed by atoms with Crippen molar-refractivity contribution in [3.63, 3.8) is 0 Å². The fraction of sp³-hybridized carbons (Fsp3) is 0.125. The Morgan fingerprint density at radius 3 is 2.64 bits per heavy atom. The highest BCUT2D eigenvalue weighted by atomic mass is 79.9. The van der Waals surface area contributed by atoms with Crippen molar-refractivity contribution in [1.29, 1.82) is 5.26 Å². The zero-order valence-corrected chi connectivity index (χ0v) is 8.38. The standard InChI is InChI=1S/C8H5BrF2N2O/c9-5-1-4(3-12)2-6(7(5)13)14-8(10)11/h1-2,8H,13H2. The van der Waals surface area contributed by atoms with Gasteiger partial charge in [-0.2, -0.15) is 14.0 Å². The number of benzene rings is 1. The summed E-state index contributed by atoms with van der Waals surface area (Å²) in [5.74, 6) is -0.203. The molecule has 0 aliphatic heterocycles. The maximum absolute atomic E-state index is 11.9. The van der Waals surface area contributed by atoms with E-state index >= 15 is 0 Å². The molecule has 74 valence electrons. The van der Waals surface area contributed by atoms with Crippen LogP contribution in [0, 0.1) is 11.3 Å². The molecule has 3 nitrogen and oxygen atoms in total. The SMILES string of the molecule is N#Cc1cc(Br)c(N)c(OC(F)F)c1. The van der Waals surface area contributed by atoms with Crippen LogP contribution in [0.4, 0.5) is 14.5 Å². The second-order valence-electron chi connectivity index (χ2n) is 2.36. The highest BCUT2D eigenvalue weighted by Gasteiger charge is 2.11. The summed E-state index contributed by atoms with van der Waals surface area (Å²) in [6.07, 6.45) is 0. The van der Waals surface area contributed by atoms with Crippen LogP contribution in [0.2, 0.25) is 0 Å². The van der Waals surface area contributed by atoms with Gasteiger partial charge in [-0.3, -0.25) is 0 Å². The van der Waals surface area contributed by atoms with E-state index < -0.39 is 6.61 Å². The third-order valence-corrected chi connectivity index (χ3v) is 2.09. The number of halogens is 3. The number of hydrogen-bond donors (Lipinski definition) is 1. The van der Waals surface area contributed by atoms with E-state index in [1.807, 2.05) is 0 Å². The van der Waals surface area contributed by atoms with Crippen LogP contribution in [0.25, 0.3) is 0 Å². The van der Waals surface area contributed by atoms with Crippen molar-refractivity contribution in [2.75, 3.05) is 5.73 Å². The van der Waals surface area contributed by atoms with E-state index in [9.17, 15) is 8.78 Å². The third kappa shape index (κ3) is 2.33. The van der Waals surface area contributed by atoms with E-state index in [1.54, 1.807) is 6.07 Å². The highest BCUT2D eigenvalue weighted by Crippen LogP contribution is 2.32. The van der Waals surface area contributed by atoms with E-state index in [-0.39, 0.29) is 17.0 Å². The number of hydrogen-bond acceptors (Lipinski definition) is 3. The Morgan fingerprint density at radius 2 is 2.14 bits per heavy atom. The Morgan fingerprint density at radius 1 is 1.50 bits per heavy atom. The topological polar surface area (TPSA) is 59.0 Å². The Labute approximate surface area is 87.2 Å². The van der Waals surface area contributed by atoms with Crippen molar-refractivity contribution in [3.8, 4) is 11.8 Å². The molecule has 0 radical (unpaired) electrons. The molecular weight excluding hydrogens is 258 g/mol. The van der Waals surface area contributed by atoms with Crippen LogP contribution in [-0.2, 0) is 0 Å². The van der Waals surface area contributed by atoms with Crippen LogP contribution in [0.15, 0.2) is 16.6 Å². The molecular formula is C8H5BrF2N2O. The lowest BCUT2D eigenvalue weighted by Gasteiger charge is -2.08. The summed E-state index contributed by atoms with van der Waals surface area (Å²) in [4.78, 5) is 0. The second-order valence-corrected chi connectivity index (χ2v) is 3.21. The van der Waals surface area contributed by atoms with Gasteiger partial charge in [-0.15, -0.1) is 0 Å². The van der Waals surface area contributed by atoms with Gasteiger partial charge in [0.05, 0.1) is 17.3 Å². The molecule has 0 saturated heterocycles. The van der Waals surface area contributed by atoms with Gasteiger partial charge in [0.1, 0.15) is 0 Å². The van der Waals surface area contributed by atoms with Crippen molar-refractivity contribution < 1.29 is 13.5 Å². The number of nitrogens with zero attached hydrogens (tertiary/aromatic N) is 1. The highest BCUT2D eigenvalue weighted by molar-refractivity contribution is 9.10. The maximum Gasteiger partial charge on any atom is 0.387 e. The van der Waals surface area contributed by atoms with Crippen molar-refractivity contribution in [3.05, 3.63) is 22.2 Å². The zero-order chi connectivity index (χ0) is 10.7. The number of ether oxygens (including phenoxy) is 1. The van der Waals surface area contributed by atoms with Crippen molar-refractivity contribution in [1.82, 2.24) is 0 Å². The van der Waals surface area contributed by atoms with Crippen LogP contribution >= 0.6 is 15.9 Å². The molecule has 0 aliphatic rings. The smallest absolute Gasteiger partial charge is 0.387 e. The number of rotatable bonds is 2. The fourth-order valence-electron chi connectivity index (χ4n) is 0.851. The molecule has 0 heterocycles. The molecule has 0 unspecified atom stereocenters. The summed E-state index contributed by atoms with van der Waals surface area (Å²) in [5, 5.41) is 8.56. The lowest BCUT2D eigenvalue weighted by molar-refractivity contribution is -0.0493. The van der Waals surface area contributed by atoms with Crippen LogP contribution in [0.5, 0.6) is 5.75 Å². The molecule has 0 bridgehead atoms. The fourth-order valence-corrected chi connectivity index (χ4v) is 1.29. The number of nitrogens with two attached hydrogens (primary N) is 1. The lowest BCUT2D eigenvalue weighted by atomic mass is 10.2. The number of nitrogen functional groups attached to an aromatic ring is 1. The van der Waals surface area contributed by atoms with E-state index in [1.165, 1.54) is 6.07 Å². The summed E-state index contributed by atoms with van der Waals surface area (Å²) in [5.41, 5.74) is 5.68. The van der Waals surface area contributed by atoms with Gasteiger partial charge in [0.15, 0.2) is 5.75 Å². The largest absolute Gasteiger partial charge is 0.433 e. The van der Waals surface area contributed by atoms with Gasteiger partial charge in [0.2, 0.25) is 0 Å². The van der Waals surface area contributed by atoms with E-state index in [0.29, 0.717) is 4.47 Å². The minimum atomic E-state index is -2.96. The van der Waals surface area contributed by atoms with Crippen LogP contribution in [-0.4, -0.2) is 6.61 Å². The molecule has 1 rings (SSSR count). The summed E-state index contributed by atoms with van der Waals surface area (Å²) < 4.78 is 28.3. The predicted molar refractivity (Wildman–Crippen MR) is 49.9 cm³/mol. The Bertz CT molecular complexity index is 390. The Kier molecular flexibility index (Phi) is 3.25. The van der Waals surface area contributed by atoms with Gasteiger partial charge in [0, 0.05) is 10.5 Å². The zero-order valence-electron chi connectivity index (χ0n) is 6.80. The molecule has 6 heteroatoms. The quantitative estimate of drug-likeness (QED) is 0.834. The van der Waals surface area contributed by atoms with Crippen LogP contribution in [0.3, 0.4) is 0 Å². The first-order chi connectivity index (χ1) is 6.54. The van der Waals surface area contributed by atoms with E-state index in [0.717, 1.165) is 6.07 Å². The molecule has 0 saturated carbocycles. The number of anilines is 1. The molecule has 0 fully saturated rings. The third-order valence-electron chi connectivity index (χ3n) is 1.44. The molecule has 0 amide bonds. The summed E-state index contributed by atoms with van der Waals surface area (Å²) in [6, 6.07) is 4.38. The van der Waals surface area contributed by atoms with Crippen molar-refractivity contribution in [2.24, 2.45) is 0 Å². The number of alkyl halides is 2. The molecule has 0 aromatic heterocycles. The first kappa shape index (κ1) is 10.7. The number of nitriles is 1. The minimum absolute atomic E-state index is 0.0456. The maximum atomic E-state index is 11.9. The lowest BCUT2D eigenvalue weighted by Crippen LogP contribution is -2.05. The Hall–Kier alpha value is -1.35. The van der Waals surface area contributed by atoms with Crippen LogP contribution in [0.1, 0.15) is 5.56 Å². The summed E-state index contributed by atoms with van der Waals surface area (Å²) >= 11 is 3.03. The first-order valence-corrected chi connectivity index (χ1v) is 4.28. The van der Waals surface area contributed by atoms with Crippen molar-refractivity contribution in [2.45, 2.75) is 6.61 Å². The molecule has 0 aliphatic carbocycles. The first-order valence-electron chi connectivity index (χ1n) is 3.48. The van der Waals surface area contributed by atoms with E-state index in [2.05, 4.69) is 20.7 Å². The average molecular weight is 263 g/mol. The molecule has 14 heavy (non-hydrogen) atoms. The van der Waals surface area contributed by atoms with E-state index in [4.69, 9.17) is 11.0 Å². The molecule has 0 atom stereocenters. The average Bonchev–Trinajstić information content (AvgIpc) is 2.11. The summed E-state index contributed by atoms with van der Waals surface area (Å²) in [6.45, 7) is -2.96. The van der Waals surface area contributed by atoms with Gasteiger partial charge in [-0.05, 0) is 22.0 Å². The molecule has 2 N–H and O–H groups in total. The normalized spacial score (nSPS) is 9.93. The predicted octanol–water partition coefficient (Wildman–Crippen LogP) is 2.50. The van der Waals surface area contributed by atoms with Gasteiger partial charge in [0.25, 0.3) is 0 Å². The molecule has 0 spiro atoms. The Balaban J connectivity index is 3.15. The van der Waals surface area contributed by atoms with Gasteiger partial charge in [-0.25, -0.2) is 0 Å². The van der Waals surface area contributed by atoms with Gasteiger partial charge < -0.3 is 10.5 Å². The monoisotopic (exact) mass is 262 g/mol. The van der Waals surface area contributed by atoms with Crippen LogP contribution < -0.4 is 10.5 Å². The summed E-state index contributed by atoms with van der Waals surface area (Å²) in [7, 11) is 0. The minimum Gasteiger partial charge on any atom is -0.433 e. The molecule has 1 aromatic rings.